The zero-order chi connectivity index (χ0) is 12.8. The summed E-state index contributed by atoms with van der Waals surface area (Å²) in [6.45, 7) is 4.01. The third kappa shape index (κ3) is 3.24. The van der Waals surface area contributed by atoms with Crippen LogP contribution in [0.15, 0.2) is 18.7 Å². The Morgan fingerprint density at radius 3 is 2.72 bits per heavy atom. The van der Waals surface area contributed by atoms with E-state index in [2.05, 4.69) is 14.9 Å². The molecule has 0 radical (unpaired) electrons. The van der Waals surface area contributed by atoms with Gasteiger partial charge in [-0.2, -0.15) is 0 Å². The Kier molecular flexibility index (Phi) is 4.60. The number of amides is 1. The van der Waals surface area contributed by atoms with E-state index in [0.717, 1.165) is 26.1 Å². The van der Waals surface area contributed by atoms with Crippen molar-refractivity contribution in [3.63, 3.8) is 0 Å². The van der Waals surface area contributed by atoms with Crippen LogP contribution in [0.2, 0.25) is 0 Å². The van der Waals surface area contributed by atoms with Gasteiger partial charge in [0.15, 0.2) is 0 Å². The van der Waals surface area contributed by atoms with E-state index in [1.807, 2.05) is 4.90 Å². The number of carbonyl (C=O) groups excluding carboxylic acids is 1. The average Bonchev–Trinajstić information content (AvgIpc) is 2.65. The molecule has 2 rings (SSSR count). The van der Waals surface area contributed by atoms with Crippen molar-refractivity contribution in [2.45, 2.75) is 6.42 Å². The summed E-state index contributed by atoms with van der Waals surface area (Å²) < 4.78 is 0. The molecule has 1 aromatic rings. The zero-order valence-corrected chi connectivity index (χ0v) is 10.3. The molecule has 0 unspecified atom stereocenters. The summed E-state index contributed by atoms with van der Waals surface area (Å²) in [6, 6.07) is 0. The van der Waals surface area contributed by atoms with Crippen LogP contribution in [0.25, 0.3) is 0 Å². The molecule has 1 aliphatic heterocycles. The minimum Gasteiger partial charge on any atom is -0.395 e. The van der Waals surface area contributed by atoms with Gasteiger partial charge in [-0.05, 0) is 13.0 Å². The maximum absolute atomic E-state index is 12.2. The topological polar surface area (TPSA) is 69.6 Å². The van der Waals surface area contributed by atoms with Crippen molar-refractivity contribution in [1.82, 2.24) is 19.8 Å². The van der Waals surface area contributed by atoms with Crippen molar-refractivity contribution in [1.29, 1.82) is 0 Å². The van der Waals surface area contributed by atoms with Crippen LogP contribution in [0.5, 0.6) is 0 Å². The summed E-state index contributed by atoms with van der Waals surface area (Å²) in [5.41, 5.74) is 0.535. The first-order valence-corrected chi connectivity index (χ1v) is 6.19. The molecule has 0 atom stereocenters. The standard InChI is InChI=1S/C12H18N4O2/c17-7-6-15-2-1-3-16(5-4-15)12(18)11-8-13-10-14-9-11/h8-10,17H,1-7H2. The maximum Gasteiger partial charge on any atom is 0.257 e. The molecule has 1 amide bonds. The van der Waals surface area contributed by atoms with E-state index in [0.29, 0.717) is 18.7 Å². The van der Waals surface area contributed by atoms with Crippen molar-refractivity contribution in [2.24, 2.45) is 0 Å². The summed E-state index contributed by atoms with van der Waals surface area (Å²) in [5.74, 6) is -0.0125. The quantitative estimate of drug-likeness (QED) is 0.791. The number of carbonyl (C=O) groups is 1. The number of aromatic nitrogens is 2. The van der Waals surface area contributed by atoms with Crippen LogP contribution in [-0.4, -0.2) is 70.1 Å². The maximum atomic E-state index is 12.2. The highest BCUT2D eigenvalue weighted by Crippen LogP contribution is 2.07. The molecule has 0 aromatic carbocycles. The zero-order valence-electron chi connectivity index (χ0n) is 10.3. The molecule has 0 spiro atoms. The van der Waals surface area contributed by atoms with E-state index in [4.69, 9.17) is 5.11 Å². The van der Waals surface area contributed by atoms with E-state index >= 15 is 0 Å². The fraction of sp³-hybridized carbons (Fsp3) is 0.583. The molecule has 6 nitrogen and oxygen atoms in total. The Bertz CT molecular complexity index is 385. The molecule has 6 heteroatoms. The normalized spacial score (nSPS) is 17.5. The second kappa shape index (κ2) is 6.42. The molecule has 0 saturated carbocycles. The smallest absolute Gasteiger partial charge is 0.257 e. The van der Waals surface area contributed by atoms with Gasteiger partial charge < -0.3 is 10.0 Å². The summed E-state index contributed by atoms with van der Waals surface area (Å²) in [5, 5.41) is 8.92. The van der Waals surface area contributed by atoms with Crippen LogP contribution in [0, 0.1) is 0 Å². The van der Waals surface area contributed by atoms with Crippen molar-refractivity contribution < 1.29 is 9.90 Å². The van der Waals surface area contributed by atoms with Crippen LogP contribution in [0.1, 0.15) is 16.8 Å². The van der Waals surface area contributed by atoms with E-state index in [1.54, 1.807) is 12.4 Å². The predicted octanol–water partition coefficient (Wildman–Crippen LogP) is -0.383. The van der Waals surface area contributed by atoms with E-state index in [9.17, 15) is 4.79 Å². The van der Waals surface area contributed by atoms with Crippen LogP contribution < -0.4 is 0 Å². The van der Waals surface area contributed by atoms with E-state index in [-0.39, 0.29) is 12.5 Å². The third-order valence-electron chi connectivity index (χ3n) is 3.10. The summed E-state index contributed by atoms with van der Waals surface area (Å²) >= 11 is 0. The SMILES string of the molecule is O=C(c1cncnc1)N1CCCN(CCO)CC1. The number of hydrogen-bond acceptors (Lipinski definition) is 5. The highest BCUT2D eigenvalue weighted by atomic mass is 16.3. The van der Waals surface area contributed by atoms with Crippen LogP contribution >= 0.6 is 0 Å². The number of aliphatic hydroxyl groups excluding tert-OH is 1. The number of aliphatic hydroxyl groups is 1. The van der Waals surface area contributed by atoms with Gasteiger partial charge in [0.1, 0.15) is 6.33 Å². The van der Waals surface area contributed by atoms with E-state index < -0.39 is 0 Å². The third-order valence-corrected chi connectivity index (χ3v) is 3.10. The summed E-state index contributed by atoms with van der Waals surface area (Å²) in [7, 11) is 0. The Hall–Kier alpha value is -1.53. The van der Waals surface area contributed by atoms with Gasteiger partial charge in [-0.25, -0.2) is 9.97 Å². The molecule has 1 aliphatic rings. The molecule has 1 fully saturated rings. The van der Waals surface area contributed by atoms with Gasteiger partial charge in [0.2, 0.25) is 0 Å². The highest BCUT2D eigenvalue weighted by molar-refractivity contribution is 5.93. The Labute approximate surface area is 106 Å². The Morgan fingerprint density at radius 1 is 1.22 bits per heavy atom. The van der Waals surface area contributed by atoms with Gasteiger partial charge in [0.05, 0.1) is 12.2 Å². The van der Waals surface area contributed by atoms with Crippen LogP contribution in [0.3, 0.4) is 0 Å². The molecular formula is C12H18N4O2. The number of rotatable bonds is 3. The molecule has 18 heavy (non-hydrogen) atoms. The van der Waals surface area contributed by atoms with Gasteiger partial charge in [-0.15, -0.1) is 0 Å². The minimum atomic E-state index is -0.0125. The molecular weight excluding hydrogens is 232 g/mol. The van der Waals surface area contributed by atoms with Crippen LogP contribution in [-0.2, 0) is 0 Å². The lowest BCUT2D eigenvalue weighted by Crippen LogP contribution is -2.36. The summed E-state index contributed by atoms with van der Waals surface area (Å²) in [4.78, 5) is 23.9. The van der Waals surface area contributed by atoms with Crippen molar-refractivity contribution >= 4 is 5.91 Å². The largest absolute Gasteiger partial charge is 0.395 e. The van der Waals surface area contributed by atoms with Gasteiger partial charge in [0, 0.05) is 38.6 Å². The molecule has 0 aliphatic carbocycles. The molecule has 1 aromatic heterocycles. The molecule has 2 heterocycles. The molecule has 0 bridgehead atoms. The van der Waals surface area contributed by atoms with Gasteiger partial charge in [-0.1, -0.05) is 0 Å². The van der Waals surface area contributed by atoms with Crippen molar-refractivity contribution in [2.75, 3.05) is 39.3 Å². The fourth-order valence-corrected chi connectivity index (χ4v) is 2.13. The number of hydrogen-bond donors (Lipinski definition) is 1. The second-order valence-electron chi connectivity index (χ2n) is 4.34. The molecule has 1 saturated heterocycles. The van der Waals surface area contributed by atoms with Gasteiger partial charge >= 0.3 is 0 Å². The Balaban J connectivity index is 1.96. The Morgan fingerprint density at radius 2 is 2.00 bits per heavy atom. The first-order valence-electron chi connectivity index (χ1n) is 6.19. The lowest BCUT2D eigenvalue weighted by atomic mass is 10.3. The summed E-state index contributed by atoms with van der Waals surface area (Å²) in [6.07, 6.45) is 5.44. The fourth-order valence-electron chi connectivity index (χ4n) is 2.13. The lowest BCUT2D eigenvalue weighted by molar-refractivity contribution is 0.0759. The first-order chi connectivity index (χ1) is 8.81. The predicted molar refractivity (Wildman–Crippen MR) is 66.1 cm³/mol. The van der Waals surface area contributed by atoms with Crippen molar-refractivity contribution in [3.05, 3.63) is 24.3 Å². The monoisotopic (exact) mass is 250 g/mol. The average molecular weight is 250 g/mol. The minimum absolute atomic E-state index is 0.0125. The number of β-amino-alcohol motifs (C(OH)–C–C–N with tert-alkyl or cyclic N) is 1. The molecule has 1 N–H and O–H groups in total. The lowest BCUT2D eigenvalue weighted by Gasteiger charge is -2.21. The first kappa shape index (κ1) is 12.9. The highest BCUT2D eigenvalue weighted by Gasteiger charge is 2.20. The van der Waals surface area contributed by atoms with Gasteiger partial charge in [-0.3, -0.25) is 9.69 Å². The van der Waals surface area contributed by atoms with Crippen molar-refractivity contribution in [3.8, 4) is 0 Å². The van der Waals surface area contributed by atoms with E-state index in [1.165, 1.54) is 6.33 Å². The number of nitrogens with zero attached hydrogens (tertiary/aromatic N) is 4. The molecule has 98 valence electrons. The van der Waals surface area contributed by atoms with Gasteiger partial charge in [0.25, 0.3) is 5.91 Å². The van der Waals surface area contributed by atoms with Crippen LogP contribution in [0.4, 0.5) is 0 Å². The second-order valence-corrected chi connectivity index (χ2v) is 4.34.